The Morgan fingerprint density at radius 1 is 1.24 bits per heavy atom. The average molecular weight is 348 g/mol. The zero-order valence-electron chi connectivity index (χ0n) is 13.0. The highest BCUT2D eigenvalue weighted by molar-refractivity contribution is 9.10. The van der Waals surface area contributed by atoms with E-state index in [1.54, 1.807) is 0 Å². The molecule has 0 bridgehead atoms. The highest BCUT2D eigenvalue weighted by Gasteiger charge is 2.12. The van der Waals surface area contributed by atoms with E-state index >= 15 is 0 Å². The maximum atomic E-state index is 4.59. The minimum absolute atomic E-state index is 0.446. The molecule has 0 aliphatic rings. The number of nitrogens with one attached hydrogen (secondary N) is 1. The molecule has 0 atom stereocenters. The van der Waals surface area contributed by atoms with Gasteiger partial charge in [0.1, 0.15) is 5.82 Å². The van der Waals surface area contributed by atoms with Gasteiger partial charge in [0.05, 0.1) is 0 Å². The summed E-state index contributed by atoms with van der Waals surface area (Å²) in [5.74, 6) is 0.982. The van der Waals surface area contributed by atoms with E-state index in [1.165, 1.54) is 11.1 Å². The molecule has 0 spiro atoms. The fraction of sp³-hybridized carbons (Fsp3) is 0.353. The number of hydrogen-bond acceptors (Lipinski definition) is 3. The van der Waals surface area contributed by atoms with Crippen molar-refractivity contribution in [3.63, 3.8) is 0 Å². The Bertz CT molecular complexity index is 593. The van der Waals surface area contributed by atoms with Crippen LogP contribution in [0.5, 0.6) is 0 Å². The second kappa shape index (κ2) is 7.05. The van der Waals surface area contributed by atoms with Crippen LogP contribution in [0, 0.1) is 6.92 Å². The predicted octanol–water partition coefficient (Wildman–Crippen LogP) is 4.42. The Balaban J connectivity index is 2.30. The Hall–Kier alpha value is -1.39. The molecular formula is C17H22BrN3. The predicted molar refractivity (Wildman–Crippen MR) is 93.2 cm³/mol. The molecule has 0 aliphatic heterocycles. The van der Waals surface area contributed by atoms with Crippen molar-refractivity contribution in [1.29, 1.82) is 0 Å². The van der Waals surface area contributed by atoms with E-state index in [-0.39, 0.29) is 0 Å². The van der Waals surface area contributed by atoms with Crippen LogP contribution < -0.4 is 10.2 Å². The average Bonchev–Trinajstić information content (AvgIpc) is 2.45. The van der Waals surface area contributed by atoms with Crippen molar-refractivity contribution in [2.45, 2.75) is 33.4 Å². The summed E-state index contributed by atoms with van der Waals surface area (Å²) in [5.41, 5.74) is 3.58. The number of anilines is 2. The van der Waals surface area contributed by atoms with Gasteiger partial charge in [-0.1, -0.05) is 31.5 Å². The fourth-order valence-corrected chi connectivity index (χ4v) is 2.49. The van der Waals surface area contributed by atoms with Crippen LogP contribution in [-0.4, -0.2) is 18.1 Å². The largest absolute Gasteiger partial charge is 0.329 e. The molecule has 0 unspecified atom stereocenters. The van der Waals surface area contributed by atoms with Gasteiger partial charge in [0.25, 0.3) is 0 Å². The van der Waals surface area contributed by atoms with Gasteiger partial charge >= 0.3 is 0 Å². The topological polar surface area (TPSA) is 28.2 Å². The van der Waals surface area contributed by atoms with Crippen LogP contribution in [0.4, 0.5) is 11.5 Å². The molecule has 112 valence electrons. The number of benzene rings is 1. The molecule has 2 aromatic rings. The highest BCUT2D eigenvalue weighted by Crippen LogP contribution is 2.27. The van der Waals surface area contributed by atoms with Gasteiger partial charge in [-0.05, 0) is 41.1 Å². The van der Waals surface area contributed by atoms with Crippen LogP contribution in [0.3, 0.4) is 0 Å². The van der Waals surface area contributed by atoms with Crippen LogP contribution in [-0.2, 0) is 6.54 Å². The summed E-state index contributed by atoms with van der Waals surface area (Å²) in [5, 5.41) is 3.46. The summed E-state index contributed by atoms with van der Waals surface area (Å²) < 4.78 is 1.00. The summed E-state index contributed by atoms with van der Waals surface area (Å²) >= 11 is 3.51. The van der Waals surface area contributed by atoms with Crippen LogP contribution in [0.2, 0.25) is 0 Å². The second-order valence-corrected chi connectivity index (χ2v) is 6.48. The summed E-state index contributed by atoms with van der Waals surface area (Å²) in [4.78, 5) is 6.72. The van der Waals surface area contributed by atoms with Gasteiger partial charge in [-0.25, -0.2) is 4.98 Å². The van der Waals surface area contributed by atoms with Crippen molar-refractivity contribution in [1.82, 2.24) is 10.3 Å². The number of halogens is 1. The third-order valence-corrected chi connectivity index (χ3v) is 3.78. The molecule has 0 aliphatic carbocycles. The lowest BCUT2D eigenvalue weighted by atomic mass is 10.2. The Labute approximate surface area is 135 Å². The van der Waals surface area contributed by atoms with Gasteiger partial charge in [-0.15, -0.1) is 0 Å². The minimum Gasteiger partial charge on any atom is -0.329 e. The fourth-order valence-electron chi connectivity index (χ4n) is 2.11. The van der Waals surface area contributed by atoms with Gasteiger partial charge < -0.3 is 10.2 Å². The molecule has 0 amide bonds. The van der Waals surface area contributed by atoms with E-state index < -0.39 is 0 Å². The number of nitrogens with zero attached hydrogens (tertiary/aromatic N) is 2. The monoisotopic (exact) mass is 347 g/mol. The molecule has 1 aromatic carbocycles. The standard InChI is InChI=1S/C17H22BrN3/c1-12(2)19-10-14-9-15(18)11-20-17(14)21(4)16-7-5-13(3)6-8-16/h5-9,11-12,19H,10H2,1-4H3. The molecule has 1 N–H and O–H groups in total. The zero-order chi connectivity index (χ0) is 15.4. The number of rotatable bonds is 5. The summed E-state index contributed by atoms with van der Waals surface area (Å²) in [6, 6.07) is 11.1. The molecule has 4 heteroatoms. The van der Waals surface area contributed by atoms with E-state index in [1.807, 2.05) is 6.20 Å². The van der Waals surface area contributed by atoms with Crippen molar-refractivity contribution in [3.05, 3.63) is 52.1 Å². The number of aryl methyl sites for hydroxylation is 1. The van der Waals surface area contributed by atoms with Crippen molar-refractivity contribution in [3.8, 4) is 0 Å². The third kappa shape index (κ3) is 4.29. The first-order chi connectivity index (χ1) is 9.97. The number of aromatic nitrogens is 1. The van der Waals surface area contributed by atoms with Crippen LogP contribution in [0.1, 0.15) is 25.0 Å². The Morgan fingerprint density at radius 2 is 1.90 bits per heavy atom. The minimum atomic E-state index is 0.446. The first-order valence-electron chi connectivity index (χ1n) is 7.15. The lowest BCUT2D eigenvalue weighted by Gasteiger charge is -2.22. The SMILES string of the molecule is Cc1ccc(N(C)c2ncc(Br)cc2CNC(C)C)cc1. The molecular weight excluding hydrogens is 326 g/mol. The van der Waals surface area contributed by atoms with Crippen LogP contribution in [0.25, 0.3) is 0 Å². The number of hydrogen-bond donors (Lipinski definition) is 1. The van der Waals surface area contributed by atoms with Gasteiger partial charge in [0, 0.05) is 41.6 Å². The summed E-state index contributed by atoms with van der Waals surface area (Å²) in [6.45, 7) is 7.19. The highest BCUT2D eigenvalue weighted by atomic mass is 79.9. The van der Waals surface area contributed by atoms with Crippen LogP contribution in [0.15, 0.2) is 41.0 Å². The first kappa shape index (κ1) is 16.0. The maximum Gasteiger partial charge on any atom is 0.137 e. The maximum absolute atomic E-state index is 4.59. The van der Waals surface area contributed by atoms with E-state index in [2.05, 4.69) is 89.3 Å². The molecule has 21 heavy (non-hydrogen) atoms. The van der Waals surface area contributed by atoms with E-state index in [4.69, 9.17) is 0 Å². The Kier molecular flexibility index (Phi) is 5.37. The normalized spacial score (nSPS) is 11.0. The Morgan fingerprint density at radius 3 is 2.52 bits per heavy atom. The molecule has 2 rings (SSSR count). The van der Waals surface area contributed by atoms with Gasteiger partial charge in [-0.3, -0.25) is 0 Å². The van der Waals surface area contributed by atoms with E-state index in [0.717, 1.165) is 22.5 Å². The van der Waals surface area contributed by atoms with Crippen molar-refractivity contribution in [2.24, 2.45) is 0 Å². The lowest BCUT2D eigenvalue weighted by Crippen LogP contribution is -2.24. The molecule has 0 fully saturated rings. The summed E-state index contributed by atoms with van der Waals surface area (Å²) in [7, 11) is 2.06. The van der Waals surface area contributed by atoms with Crippen molar-refractivity contribution < 1.29 is 0 Å². The lowest BCUT2D eigenvalue weighted by molar-refractivity contribution is 0.588. The van der Waals surface area contributed by atoms with Crippen LogP contribution >= 0.6 is 15.9 Å². The van der Waals surface area contributed by atoms with Gasteiger partial charge in [0.2, 0.25) is 0 Å². The summed E-state index contributed by atoms with van der Waals surface area (Å²) in [6.07, 6.45) is 1.85. The van der Waals surface area contributed by atoms with E-state index in [9.17, 15) is 0 Å². The molecule has 3 nitrogen and oxygen atoms in total. The van der Waals surface area contributed by atoms with Crippen molar-refractivity contribution >= 4 is 27.4 Å². The molecule has 1 aromatic heterocycles. The third-order valence-electron chi connectivity index (χ3n) is 3.35. The quantitative estimate of drug-likeness (QED) is 0.867. The molecule has 0 saturated heterocycles. The van der Waals surface area contributed by atoms with Gasteiger partial charge in [0.15, 0.2) is 0 Å². The van der Waals surface area contributed by atoms with Gasteiger partial charge in [-0.2, -0.15) is 0 Å². The molecule has 0 radical (unpaired) electrons. The smallest absolute Gasteiger partial charge is 0.137 e. The first-order valence-corrected chi connectivity index (χ1v) is 7.95. The second-order valence-electron chi connectivity index (χ2n) is 5.57. The van der Waals surface area contributed by atoms with Crippen molar-refractivity contribution in [2.75, 3.05) is 11.9 Å². The zero-order valence-corrected chi connectivity index (χ0v) is 14.6. The number of pyridine rings is 1. The molecule has 0 saturated carbocycles. The molecule has 1 heterocycles. The van der Waals surface area contributed by atoms with E-state index in [0.29, 0.717) is 6.04 Å².